The van der Waals surface area contributed by atoms with E-state index in [-0.39, 0.29) is 0 Å². The second kappa shape index (κ2) is 4.83. The maximum atomic E-state index is 5.65. The minimum atomic E-state index is 0.596. The predicted molar refractivity (Wildman–Crippen MR) is 77.3 cm³/mol. The monoisotopic (exact) mass is 281 g/mol. The first-order valence-electron chi connectivity index (χ1n) is 5.83. The third-order valence-corrected chi connectivity index (χ3v) is 4.63. The molecule has 0 atom stereocenters. The molecule has 0 saturated carbocycles. The van der Waals surface area contributed by atoms with E-state index in [0.29, 0.717) is 5.13 Å². The van der Waals surface area contributed by atoms with E-state index in [1.54, 1.807) is 11.3 Å². The van der Waals surface area contributed by atoms with Gasteiger partial charge in [0.2, 0.25) is 0 Å². The first-order chi connectivity index (χ1) is 8.72. The van der Waals surface area contributed by atoms with Crippen LogP contribution in [0.1, 0.15) is 0 Å². The van der Waals surface area contributed by atoms with Crippen LogP contribution in [0, 0.1) is 0 Å². The fourth-order valence-electron chi connectivity index (χ4n) is 1.93. The van der Waals surface area contributed by atoms with Crippen LogP contribution in [0.4, 0.5) is 10.3 Å². The molecule has 0 amide bonds. The second-order valence-corrected chi connectivity index (χ2v) is 6.10. The van der Waals surface area contributed by atoms with E-state index in [0.717, 1.165) is 42.7 Å². The number of hydrogen-bond acceptors (Lipinski definition) is 7. The third-order valence-electron chi connectivity index (χ3n) is 3.05. The Bertz CT molecular complexity index is 527. The zero-order chi connectivity index (χ0) is 12.5. The lowest BCUT2D eigenvalue weighted by atomic mass is 10.3. The third kappa shape index (κ3) is 2.33. The van der Waals surface area contributed by atoms with Crippen molar-refractivity contribution in [3.63, 3.8) is 0 Å². The van der Waals surface area contributed by atoms with Crippen LogP contribution in [0.2, 0.25) is 0 Å². The van der Waals surface area contributed by atoms with Crippen molar-refractivity contribution in [2.45, 2.75) is 0 Å². The lowest BCUT2D eigenvalue weighted by molar-refractivity contribution is 0.313. The van der Waals surface area contributed by atoms with E-state index >= 15 is 0 Å². The number of hydrogen-bond donors (Lipinski definition) is 1. The Morgan fingerprint density at radius 2 is 1.72 bits per heavy atom. The molecule has 5 nitrogen and oxygen atoms in total. The van der Waals surface area contributed by atoms with E-state index in [4.69, 9.17) is 5.73 Å². The van der Waals surface area contributed by atoms with E-state index < -0.39 is 0 Å². The largest absolute Gasteiger partial charge is 0.375 e. The summed E-state index contributed by atoms with van der Waals surface area (Å²) in [5, 5.41) is 5.70. The van der Waals surface area contributed by atoms with Gasteiger partial charge < -0.3 is 15.5 Å². The highest BCUT2D eigenvalue weighted by atomic mass is 32.1. The maximum Gasteiger partial charge on any atom is 0.186 e. The fourth-order valence-corrected chi connectivity index (χ4v) is 3.36. The van der Waals surface area contributed by atoms with Crippen LogP contribution in [-0.2, 0) is 0 Å². The molecule has 1 aliphatic rings. The first kappa shape index (κ1) is 11.9. The molecule has 0 aromatic carbocycles. The van der Waals surface area contributed by atoms with Crippen LogP contribution in [0.3, 0.4) is 0 Å². The number of anilines is 2. The molecule has 2 N–H and O–H groups in total. The summed E-state index contributed by atoms with van der Waals surface area (Å²) in [4.78, 5) is 13.6. The number of likely N-dealkylation sites (N-methyl/N-ethyl adjacent to an activating group) is 1. The van der Waals surface area contributed by atoms with Crippen molar-refractivity contribution in [2.24, 2.45) is 0 Å². The number of thiazole rings is 2. The highest BCUT2D eigenvalue weighted by Crippen LogP contribution is 2.29. The van der Waals surface area contributed by atoms with Crippen molar-refractivity contribution in [3.05, 3.63) is 10.8 Å². The van der Waals surface area contributed by atoms with Gasteiger partial charge in [-0.15, -0.1) is 22.7 Å². The molecule has 7 heteroatoms. The summed E-state index contributed by atoms with van der Waals surface area (Å²) in [6.45, 7) is 4.28. The van der Waals surface area contributed by atoms with Crippen LogP contribution < -0.4 is 10.6 Å². The minimum absolute atomic E-state index is 0.596. The van der Waals surface area contributed by atoms with E-state index in [1.165, 1.54) is 11.3 Å². The van der Waals surface area contributed by atoms with E-state index in [9.17, 15) is 0 Å². The normalized spacial score (nSPS) is 17.3. The first-order valence-corrected chi connectivity index (χ1v) is 7.59. The molecule has 3 rings (SSSR count). The van der Waals surface area contributed by atoms with Crippen molar-refractivity contribution in [1.29, 1.82) is 0 Å². The number of nitrogens with zero attached hydrogens (tertiary/aromatic N) is 4. The maximum absolute atomic E-state index is 5.65. The van der Waals surface area contributed by atoms with Crippen LogP contribution in [0.25, 0.3) is 11.4 Å². The van der Waals surface area contributed by atoms with Gasteiger partial charge in [-0.3, -0.25) is 0 Å². The molecule has 1 fully saturated rings. The molecular formula is C11H15N5S2. The van der Waals surface area contributed by atoms with Crippen LogP contribution in [-0.4, -0.2) is 48.1 Å². The van der Waals surface area contributed by atoms with Gasteiger partial charge in [-0.05, 0) is 7.05 Å². The number of aromatic nitrogens is 2. The molecule has 0 unspecified atom stereocenters. The standard InChI is InChI=1S/C11H15N5S2/c1-15-2-4-16(5-3-15)11-14-9(7-18-11)8-6-17-10(12)13-8/h6-7H,2-5H2,1H3,(H2,12,13). The quantitative estimate of drug-likeness (QED) is 0.906. The van der Waals surface area contributed by atoms with Crippen LogP contribution in [0.15, 0.2) is 10.8 Å². The van der Waals surface area contributed by atoms with Gasteiger partial charge in [-0.2, -0.15) is 0 Å². The molecule has 2 aromatic heterocycles. The minimum Gasteiger partial charge on any atom is -0.375 e. The molecular weight excluding hydrogens is 266 g/mol. The second-order valence-electron chi connectivity index (χ2n) is 4.38. The summed E-state index contributed by atoms with van der Waals surface area (Å²) in [7, 11) is 2.16. The highest BCUT2D eigenvalue weighted by Gasteiger charge is 2.17. The average molecular weight is 281 g/mol. The fraction of sp³-hybridized carbons (Fsp3) is 0.455. The van der Waals surface area contributed by atoms with E-state index in [2.05, 4.69) is 32.2 Å². The molecule has 18 heavy (non-hydrogen) atoms. The average Bonchev–Trinajstić information content (AvgIpc) is 2.98. The summed E-state index contributed by atoms with van der Waals surface area (Å²) < 4.78 is 0. The van der Waals surface area contributed by atoms with Crippen LogP contribution >= 0.6 is 22.7 Å². The number of piperazine rings is 1. The summed E-state index contributed by atoms with van der Waals surface area (Å²) in [5.74, 6) is 0. The van der Waals surface area contributed by atoms with Crippen molar-refractivity contribution < 1.29 is 0 Å². The zero-order valence-electron chi connectivity index (χ0n) is 10.2. The topological polar surface area (TPSA) is 58.3 Å². The predicted octanol–water partition coefficient (Wildman–Crippen LogP) is 1.60. The number of rotatable bonds is 2. The SMILES string of the molecule is CN1CCN(c2nc(-c3csc(N)n3)cs2)CC1. The molecule has 0 spiro atoms. The van der Waals surface area contributed by atoms with Gasteiger partial charge in [-0.25, -0.2) is 9.97 Å². The van der Waals surface area contributed by atoms with Crippen molar-refractivity contribution in [3.8, 4) is 11.4 Å². The highest BCUT2D eigenvalue weighted by molar-refractivity contribution is 7.14. The molecule has 1 saturated heterocycles. The summed E-state index contributed by atoms with van der Waals surface area (Å²) in [5.41, 5.74) is 7.46. The van der Waals surface area contributed by atoms with Gasteiger partial charge in [-0.1, -0.05) is 0 Å². The smallest absolute Gasteiger partial charge is 0.186 e. The van der Waals surface area contributed by atoms with Gasteiger partial charge in [0.05, 0.1) is 0 Å². The van der Waals surface area contributed by atoms with Crippen molar-refractivity contribution >= 4 is 32.9 Å². The summed E-state index contributed by atoms with van der Waals surface area (Å²) in [6.07, 6.45) is 0. The van der Waals surface area contributed by atoms with E-state index in [1.807, 2.05) is 5.38 Å². The molecule has 2 aromatic rings. The van der Waals surface area contributed by atoms with Gasteiger partial charge >= 0.3 is 0 Å². The number of nitrogens with two attached hydrogens (primary N) is 1. The van der Waals surface area contributed by atoms with Crippen molar-refractivity contribution in [2.75, 3.05) is 43.9 Å². The Hall–Kier alpha value is -1.18. The van der Waals surface area contributed by atoms with Crippen LogP contribution in [0.5, 0.6) is 0 Å². The molecule has 0 aliphatic carbocycles. The lowest BCUT2D eigenvalue weighted by Gasteiger charge is -2.32. The summed E-state index contributed by atoms with van der Waals surface area (Å²) >= 11 is 3.14. The van der Waals surface area contributed by atoms with Gasteiger partial charge in [0, 0.05) is 36.9 Å². The molecule has 0 bridgehead atoms. The summed E-state index contributed by atoms with van der Waals surface area (Å²) in [6, 6.07) is 0. The molecule has 1 aliphatic heterocycles. The van der Waals surface area contributed by atoms with Gasteiger partial charge in [0.25, 0.3) is 0 Å². The van der Waals surface area contributed by atoms with Crippen molar-refractivity contribution in [1.82, 2.24) is 14.9 Å². The van der Waals surface area contributed by atoms with Gasteiger partial charge in [0.15, 0.2) is 10.3 Å². The Kier molecular flexibility index (Phi) is 3.19. The lowest BCUT2D eigenvalue weighted by Crippen LogP contribution is -2.44. The molecule has 96 valence electrons. The Morgan fingerprint density at radius 1 is 1.06 bits per heavy atom. The Balaban J connectivity index is 1.77. The zero-order valence-corrected chi connectivity index (χ0v) is 11.8. The molecule has 3 heterocycles. The number of nitrogen functional groups attached to an aromatic ring is 1. The molecule has 0 radical (unpaired) electrons. The van der Waals surface area contributed by atoms with Gasteiger partial charge in [0.1, 0.15) is 11.4 Å². The Labute approximate surface area is 114 Å². The Morgan fingerprint density at radius 3 is 2.39 bits per heavy atom.